The van der Waals surface area contributed by atoms with E-state index in [1.165, 1.54) is 18.2 Å². The highest BCUT2D eigenvalue weighted by molar-refractivity contribution is 6.46. The molecule has 0 radical (unpaired) electrons. The Morgan fingerprint density at radius 2 is 1.77 bits per heavy atom. The van der Waals surface area contributed by atoms with E-state index in [4.69, 9.17) is 0 Å². The summed E-state index contributed by atoms with van der Waals surface area (Å²) in [5, 5.41) is 11.0. The minimum atomic E-state index is -0.700. The molecule has 3 rings (SSSR count). The lowest BCUT2D eigenvalue weighted by atomic mass is 9.93. The molecule has 5 heteroatoms. The summed E-state index contributed by atoms with van der Waals surface area (Å²) in [6.45, 7) is 8.31. The van der Waals surface area contributed by atoms with Gasteiger partial charge in [-0.1, -0.05) is 57.9 Å². The molecule has 1 N–H and O–H groups in total. The number of unbranched alkanes of at least 4 members (excludes halogenated alkanes) is 2. The summed E-state index contributed by atoms with van der Waals surface area (Å²) >= 11 is 0. The molecule has 4 nitrogen and oxygen atoms in total. The molecule has 1 fully saturated rings. The van der Waals surface area contributed by atoms with Crippen LogP contribution in [0.1, 0.15) is 74.2 Å². The maximum atomic E-state index is 13.7. The third kappa shape index (κ3) is 4.55. The van der Waals surface area contributed by atoms with Gasteiger partial charge >= 0.3 is 0 Å². The van der Waals surface area contributed by atoms with E-state index in [1.54, 1.807) is 11.8 Å². The number of likely N-dealkylation sites (tertiary alicyclic amines) is 1. The minimum Gasteiger partial charge on any atom is -0.507 e. The van der Waals surface area contributed by atoms with Crippen LogP contribution < -0.4 is 0 Å². The van der Waals surface area contributed by atoms with Crippen molar-refractivity contribution < 1.29 is 19.1 Å². The van der Waals surface area contributed by atoms with Crippen molar-refractivity contribution in [1.82, 2.24) is 4.90 Å². The topological polar surface area (TPSA) is 57.6 Å². The number of Topliss-reactive ketones (excluding diaryl/α,β-unsaturated/α-hetero) is 1. The normalized spacial score (nSPS) is 18.3. The molecule has 0 spiro atoms. The van der Waals surface area contributed by atoms with Crippen LogP contribution in [0, 0.1) is 12.7 Å². The molecule has 1 amide bonds. The van der Waals surface area contributed by atoms with E-state index < -0.39 is 23.5 Å². The van der Waals surface area contributed by atoms with Crippen LogP contribution in [0.25, 0.3) is 5.76 Å². The van der Waals surface area contributed by atoms with Crippen LogP contribution in [0.3, 0.4) is 0 Å². The van der Waals surface area contributed by atoms with E-state index in [0.29, 0.717) is 23.6 Å². The van der Waals surface area contributed by atoms with Gasteiger partial charge in [-0.25, -0.2) is 4.39 Å². The molecule has 0 bridgehead atoms. The first-order valence-electron chi connectivity index (χ1n) is 10.9. The Morgan fingerprint density at radius 1 is 1.10 bits per heavy atom. The van der Waals surface area contributed by atoms with E-state index in [2.05, 4.69) is 20.8 Å². The lowest BCUT2D eigenvalue weighted by molar-refractivity contribution is -0.139. The highest BCUT2D eigenvalue weighted by Crippen LogP contribution is 2.40. The van der Waals surface area contributed by atoms with Gasteiger partial charge in [0, 0.05) is 12.1 Å². The van der Waals surface area contributed by atoms with E-state index in [9.17, 15) is 19.1 Å². The van der Waals surface area contributed by atoms with Crippen molar-refractivity contribution in [3.63, 3.8) is 0 Å². The van der Waals surface area contributed by atoms with Crippen molar-refractivity contribution >= 4 is 17.4 Å². The van der Waals surface area contributed by atoms with Gasteiger partial charge < -0.3 is 10.0 Å². The number of aliphatic hydroxyl groups excluding tert-OH is 1. The lowest BCUT2D eigenvalue weighted by Crippen LogP contribution is -2.30. The van der Waals surface area contributed by atoms with Crippen molar-refractivity contribution in [3.8, 4) is 0 Å². The molecular weight excluding hydrogens is 393 g/mol. The van der Waals surface area contributed by atoms with Crippen molar-refractivity contribution in [3.05, 3.63) is 76.1 Å². The molecule has 0 saturated carbocycles. The van der Waals surface area contributed by atoms with Gasteiger partial charge in [0.15, 0.2) is 0 Å². The molecule has 31 heavy (non-hydrogen) atoms. The van der Waals surface area contributed by atoms with Gasteiger partial charge in [0.2, 0.25) is 0 Å². The predicted molar refractivity (Wildman–Crippen MR) is 120 cm³/mol. The molecular formula is C26H30FNO3. The second kappa shape index (κ2) is 9.46. The van der Waals surface area contributed by atoms with Crippen LogP contribution in [-0.4, -0.2) is 28.2 Å². The van der Waals surface area contributed by atoms with Crippen molar-refractivity contribution in [2.75, 3.05) is 6.54 Å². The van der Waals surface area contributed by atoms with Crippen molar-refractivity contribution in [2.24, 2.45) is 0 Å². The Kier molecular flexibility index (Phi) is 6.94. The Morgan fingerprint density at radius 3 is 2.35 bits per heavy atom. The zero-order valence-corrected chi connectivity index (χ0v) is 18.6. The fraction of sp³-hybridized carbons (Fsp3) is 0.385. The van der Waals surface area contributed by atoms with E-state index in [-0.39, 0.29) is 11.3 Å². The first kappa shape index (κ1) is 22.7. The predicted octanol–water partition coefficient (Wildman–Crippen LogP) is 5.87. The van der Waals surface area contributed by atoms with E-state index in [1.807, 2.05) is 24.3 Å². The Labute approximate surface area is 183 Å². The van der Waals surface area contributed by atoms with Crippen LogP contribution >= 0.6 is 0 Å². The number of nitrogens with zero attached hydrogens (tertiary/aromatic N) is 1. The summed E-state index contributed by atoms with van der Waals surface area (Å²) in [5.41, 5.74) is 2.68. The third-order valence-electron chi connectivity index (χ3n) is 5.89. The Bertz CT molecular complexity index is 1010. The second-order valence-electron chi connectivity index (χ2n) is 8.48. The average molecular weight is 424 g/mol. The number of amides is 1. The second-order valence-corrected chi connectivity index (χ2v) is 8.48. The SMILES string of the molecule is CCCCCN1C(=O)C(=O)/C(=C(\O)c2ccc(F)c(C)c2)C1c1ccc(C(C)C)cc1. The van der Waals surface area contributed by atoms with Crippen LogP contribution in [0.5, 0.6) is 0 Å². The summed E-state index contributed by atoms with van der Waals surface area (Å²) in [6.07, 6.45) is 2.71. The molecule has 0 aliphatic carbocycles. The van der Waals surface area contributed by atoms with Gasteiger partial charge in [-0.05, 0) is 54.2 Å². The van der Waals surface area contributed by atoms with E-state index >= 15 is 0 Å². The first-order chi connectivity index (χ1) is 14.8. The maximum absolute atomic E-state index is 13.7. The first-order valence-corrected chi connectivity index (χ1v) is 10.9. The third-order valence-corrected chi connectivity index (χ3v) is 5.89. The molecule has 1 aliphatic rings. The molecule has 2 aromatic rings. The maximum Gasteiger partial charge on any atom is 0.295 e. The van der Waals surface area contributed by atoms with Crippen LogP contribution in [0.2, 0.25) is 0 Å². The molecule has 1 saturated heterocycles. The number of aliphatic hydroxyl groups is 1. The fourth-order valence-electron chi connectivity index (χ4n) is 4.00. The van der Waals surface area contributed by atoms with Gasteiger partial charge in [0.1, 0.15) is 11.6 Å². The van der Waals surface area contributed by atoms with Gasteiger partial charge in [-0.3, -0.25) is 9.59 Å². The number of hydrogen-bond acceptors (Lipinski definition) is 3. The van der Waals surface area contributed by atoms with Crippen LogP contribution in [-0.2, 0) is 9.59 Å². The molecule has 2 aromatic carbocycles. The average Bonchev–Trinajstić information content (AvgIpc) is 3.00. The van der Waals surface area contributed by atoms with E-state index in [0.717, 1.165) is 30.4 Å². The molecule has 1 heterocycles. The number of carbonyl (C=O) groups excluding carboxylic acids is 2. The van der Waals surface area contributed by atoms with Crippen LogP contribution in [0.15, 0.2) is 48.0 Å². The number of aryl methyl sites for hydroxylation is 1. The smallest absolute Gasteiger partial charge is 0.295 e. The number of rotatable bonds is 7. The number of hydrogen-bond donors (Lipinski definition) is 1. The molecule has 1 atom stereocenters. The summed E-state index contributed by atoms with van der Waals surface area (Å²) in [4.78, 5) is 27.4. The number of ketones is 1. The van der Waals surface area contributed by atoms with Crippen molar-refractivity contribution in [2.45, 2.75) is 58.9 Å². The standard InChI is InChI=1S/C26H30FNO3/c1-5-6-7-14-28-23(19-10-8-18(9-11-19)16(2)3)22(25(30)26(28)31)24(29)20-12-13-21(27)17(4)15-20/h8-13,15-16,23,29H,5-7,14H2,1-4H3/b24-22-. The van der Waals surface area contributed by atoms with Gasteiger partial charge in [-0.15, -0.1) is 0 Å². The number of halogens is 1. The largest absolute Gasteiger partial charge is 0.507 e. The summed E-state index contributed by atoms with van der Waals surface area (Å²) in [6, 6.07) is 11.3. The monoisotopic (exact) mass is 423 g/mol. The fourth-order valence-corrected chi connectivity index (χ4v) is 4.00. The molecule has 0 aromatic heterocycles. The van der Waals surface area contributed by atoms with Crippen LogP contribution in [0.4, 0.5) is 4.39 Å². The highest BCUT2D eigenvalue weighted by atomic mass is 19.1. The Balaban J connectivity index is 2.12. The van der Waals surface area contributed by atoms with Gasteiger partial charge in [0.05, 0.1) is 11.6 Å². The summed E-state index contributed by atoms with van der Waals surface area (Å²) in [5.74, 6) is -1.61. The lowest BCUT2D eigenvalue weighted by Gasteiger charge is -2.25. The molecule has 164 valence electrons. The number of benzene rings is 2. The minimum absolute atomic E-state index is 0.0600. The zero-order valence-electron chi connectivity index (χ0n) is 18.6. The molecule has 1 aliphatic heterocycles. The highest BCUT2D eigenvalue weighted by Gasteiger charge is 2.45. The molecule has 1 unspecified atom stereocenters. The van der Waals surface area contributed by atoms with Gasteiger partial charge in [-0.2, -0.15) is 0 Å². The van der Waals surface area contributed by atoms with Gasteiger partial charge in [0.25, 0.3) is 11.7 Å². The number of carbonyl (C=O) groups is 2. The summed E-state index contributed by atoms with van der Waals surface area (Å²) < 4.78 is 13.7. The van der Waals surface area contributed by atoms with Crippen molar-refractivity contribution in [1.29, 1.82) is 0 Å². The Hall–Kier alpha value is -2.95. The zero-order chi connectivity index (χ0) is 22.7. The summed E-state index contributed by atoms with van der Waals surface area (Å²) in [7, 11) is 0. The quantitative estimate of drug-likeness (QED) is 0.262.